The van der Waals surface area contributed by atoms with Gasteiger partial charge >= 0.3 is 0 Å². The van der Waals surface area contributed by atoms with Gasteiger partial charge in [0.15, 0.2) is 5.65 Å². The van der Waals surface area contributed by atoms with E-state index in [9.17, 15) is 4.79 Å². The molecule has 3 aromatic rings. The Hall–Kier alpha value is -2.87. The van der Waals surface area contributed by atoms with Crippen LogP contribution in [0.5, 0.6) is 0 Å². The van der Waals surface area contributed by atoms with Crippen molar-refractivity contribution in [1.29, 1.82) is 0 Å². The summed E-state index contributed by atoms with van der Waals surface area (Å²) in [4.78, 5) is 17.6. The van der Waals surface area contributed by atoms with Gasteiger partial charge in [0.2, 0.25) is 0 Å². The molecule has 1 aliphatic heterocycles. The second-order valence-electron chi connectivity index (χ2n) is 7.57. The molecule has 0 radical (unpaired) electrons. The highest BCUT2D eigenvalue weighted by Crippen LogP contribution is 2.31. The summed E-state index contributed by atoms with van der Waals surface area (Å²) in [5.74, 6) is 0.464. The summed E-state index contributed by atoms with van der Waals surface area (Å²) in [6.45, 7) is 8.60. The molecule has 1 amide bonds. The van der Waals surface area contributed by atoms with Gasteiger partial charge in [-0.25, -0.2) is 9.67 Å². The van der Waals surface area contributed by atoms with Crippen molar-refractivity contribution in [2.75, 3.05) is 18.5 Å². The van der Waals surface area contributed by atoms with E-state index in [1.54, 1.807) is 13.0 Å². The molecule has 4 rings (SSSR count). The Morgan fingerprint density at radius 1 is 1.30 bits per heavy atom. The quantitative estimate of drug-likeness (QED) is 0.619. The third-order valence-corrected chi connectivity index (χ3v) is 5.71. The van der Waals surface area contributed by atoms with Crippen LogP contribution in [0.4, 0.5) is 5.69 Å². The van der Waals surface area contributed by atoms with Crippen LogP contribution in [0.2, 0.25) is 0 Å². The number of carbonyl (C=O) groups is 1. The van der Waals surface area contributed by atoms with Crippen LogP contribution in [-0.4, -0.2) is 39.9 Å². The molecule has 160 valence electrons. The maximum absolute atomic E-state index is 12.7. The highest BCUT2D eigenvalue weighted by Gasteiger charge is 2.22. The zero-order valence-electron chi connectivity index (χ0n) is 17.8. The monoisotopic (exact) mass is 411 g/mol. The molecule has 0 spiro atoms. The highest BCUT2D eigenvalue weighted by molar-refractivity contribution is 5.96. The average molecular weight is 412 g/mol. The summed E-state index contributed by atoms with van der Waals surface area (Å²) < 4.78 is 12.7. The minimum absolute atomic E-state index is 0.148. The Morgan fingerprint density at radius 2 is 2.10 bits per heavy atom. The fourth-order valence-electron chi connectivity index (χ4n) is 3.98. The lowest BCUT2D eigenvalue weighted by atomic mass is 10.0. The van der Waals surface area contributed by atoms with E-state index in [0.717, 1.165) is 67.0 Å². The molecule has 0 saturated carbocycles. The summed E-state index contributed by atoms with van der Waals surface area (Å²) >= 11 is 0. The van der Waals surface area contributed by atoms with E-state index in [1.165, 1.54) is 6.26 Å². The number of hydrogen-bond donors (Lipinski definition) is 2. The van der Waals surface area contributed by atoms with Gasteiger partial charge < -0.3 is 19.8 Å². The van der Waals surface area contributed by atoms with Gasteiger partial charge in [0, 0.05) is 43.6 Å². The van der Waals surface area contributed by atoms with Gasteiger partial charge in [-0.3, -0.25) is 4.79 Å². The Morgan fingerprint density at radius 3 is 2.77 bits per heavy atom. The molecule has 0 atom stereocenters. The van der Waals surface area contributed by atoms with E-state index in [1.807, 2.05) is 10.9 Å². The molecule has 1 saturated heterocycles. The number of carbonyl (C=O) groups excluding carboxylic acids is 1. The van der Waals surface area contributed by atoms with Crippen LogP contribution in [0.1, 0.15) is 54.1 Å². The standard InChI is InChI=1S/C22H29N5O3/c1-4-19-17(12-23-22(28)16-8-11-30-14(16)3)20(25-15-6-9-29-10-7-15)18-13-24-27(5-2)21(18)26-19/h8,11,13,15H,4-7,9-10,12H2,1-3H3,(H,23,28)(H,25,26). The van der Waals surface area contributed by atoms with Crippen LogP contribution in [0, 0.1) is 6.92 Å². The van der Waals surface area contributed by atoms with Gasteiger partial charge in [-0.1, -0.05) is 6.92 Å². The number of nitrogens with one attached hydrogen (secondary N) is 2. The van der Waals surface area contributed by atoms with Crippen LogP contribution in [0.15, 0.2) is 22.9 Å². The van der Waals surface area contributed by atoms with E-state index in [4.69, 9.17) is 14.1 Å². The molecule has 0 bridgehead atoms. The van der Waals surface area contributed by atoms with Crippen LogP contribution < -0.4 is 10.6 Å². The number of fused-ring (bicyclic) bond motifs is 1. The average Bonchev–Trinajstić information content (AvgIpc) is 3.38. The van der Waals surface area contributed by atoms with Crippen molar-refractivity contribution in [2.24, 2.45) is 0 Å². The lowest BCUT2D eigenvalue weighted by Crippen LogP contribution is -2.30. The van der Waals surface area contributed by atoms with Crippen molar-refractivity contribution < 1.29 is 13.9 Å². The van der Waals surface area contributed by atoms with Gasteiger partial charge in [-0.05, 0) is 39.2 Å². The first-order chi connectivity index (χ1) is 14.6. The summed E-state index contributed by atoms with van der Waals surface area (Å²) in [5.41, 5.74) is 4.44. The van der Waals surface area contributed by atoms with Crippen molar-refractivity contribution >= 4 is 22.6 Å². The molecule has 3 aromatic heterocycles. The predicted octanol–water partition coefficient (Wildman–Crippen LogP) is 3.44. The number of pyridine rings is 1. The second-order valence-corrected chi connectivity index (χ2v) is 7.57. The molecule has 4 heterocycles. The number of rotatable bonds is 7. The molecule has 1 fully saturated rings. The molecule has 1 aliphatic rings. The van der Waals surface area contributed by atoms with Crippen LogP contribution in [-0.2, 0) is 24.2 Å². The normalized spacial score (nSPS) is 14.9. The number of nitrogens with zero attached hydrogens (tertiary/aromatic N) is 3. The summed E-state index contributed by atoms with van der Waals surface area (Å²) in [7, 11) is 0. The smallest absolute Gasteiger partial charge is 0.255 e. The van der Waals surface area contributed by atoms with Gasteiger partial charge in [-0.15, -0.1) is 0 Å². The number of hydrogen-bond acceptors (Lipinski definition) is 6. The van der Waals surface area contributed by atoms with Gasteiger partial charge in [0.1, 0.15) is 5.76 Å². The maximum atomic E-state index is 12.7. The molecule has 2 N–H and O–H groups in total. The maximum Gasteiger partial charge on any atom is 0.255 e. The Balaban J connectivity index is 1.71. The third kappa shape index (κ3) is 3.92. The van der Waals surface area contributed by atoms with Crippen molar-refractivity contribution in [3.05, 3.63) is 41.1 Å². The number of aromatic nitrogens is 3. The number of ether oxygens (including phenoxy) is 1. The molecular formula is C22H29N5O3. The third-order valence-electron chi connectivity index (χ3n) is 5.71. The fraction of sp³-hybridized carbons (Fsp3) is 0.500. The second kappa shape index (κ2) is 8.87. The van der Waals surface area contributed by atoms with E-state index < -0.39 is 0 Å². The Bertz CT molecular complexity index is 1030. The predicted molar refractivity (Wildman–Crippen MR) is 115 cm³/mol. The first-order valence-electron chi connectivity index (χ1n) is 10.7. The van der Waals surface area contributed by atoms with Gasteiger partial charge in [0.25, 0.3) is 5.91 Å². The fourth-order valence-corrected chi connectivity index (χ4v) is 3.98. The van der Waals surface area contributed by atoms with E-state index in [2.05, 4.69) is 29.6 Å². The summed E-state index contributed by atoms with van der Waals surface area (Å²) in [6.07, 6.45) is 6.08. The molecule has 0 unspecified atom stereocenters. The first-order valence-corrected chi connectivity index (χ1v) is 10.7. The number of aryl methyl sites for hydroxylation is 3. The Labute approximate surface area is 176 Å². The molecular weight excluding hydrogens is 382 g/mol. The van der Waals surface area contributed by atoms with Gasteiger partial charge in [0.05, 0.1) is 29.1 Å². The summed E-state index contributed by atoms with van der Waals surface area (Å²) in [6, 6.07) is 2.02. The van der Waals surface area contributed by atoms with Crippen LogP contribution >= 0.6 is 0 Å². The van der Waals surface area contributed by atoms with Crippen molar-refractivity contribution in [1.82, 2.24) is 20.1 Å². The zero-order chi connectivity index (χ0) is 21.1. The summed E-state index contributed by atoms with van der Waals surface area (Å²) in [5, 5.41) is 12.3. The lowest BCUT2D eigenvalue weighted by Gasteiger charge is -2.26. The highest BCUT2D eigenvalue weighted by atomic mass is 16.5. The molecule has 0 aromatic carbocycles. The van der Waals surface area contributed by atoms with Crippen LogP contribution in [0.25, 0.3) is 11.0 Å². The minimum Gasteiger partial charge on any atom is -0.469 e. The first kappa shape index (κ1) is 20.4. The van der Waals surface area contributed by atoms with Crippen molar-refractivity contribution in [3.63, 3.8) is 0 Å². The molecule has 8 nitrogen and oxygen atoms in total. The number of amides is 1. The SMILES string of the molecule is CCc1nc2c(cnn2CC)c(NC2CCOCC2)c1CNC(=O)c1ccoc1C. The van der Waals surface area contributed by atoms with Crippen molar-refractivity contribution in [2.45, 2.75) is 59.2 Å². The van der Waals surface area contributed by atoms with E-state index >= 15 is 0 Å². The molecule has 30 heavy (non-hydrogen) atoms. The van der Waals surface area contributed by atoms with Crippen molar-refractivity contribution in [3.8, 4) is 0 Å². The minimum atomic E-state index is -0.148. The van der Waals surface area contributed by atoms with E-state index in [-0.39, 0.29) is 5.91 Å². The Kier molecular flexibility index (Phi) is 6.03. The molecule has 0 aliphatic carbocycles. The zero-order valence-corrected chi connectivity index (χ0v) is 17.8. The van der Waals surface area contributed by atoms with E-state index in [0.29, 0.717) is 23.9 Å². The topological polar surface area (TPSA) is 94.2 Å². The van der Waals surface area contributed by atoms with Gasteiger partial charge in [-0.2, -0.15) is 5.10 Å². The lowest BCUT2D eigenvalue weighted by molar-refractivity contribution is 0.0904. The largest absolute Gasteiger partial charge is 0.469 e. The number of furan rings is 1. The molecule has 8 heteroatoms. The van der Waals surface area contributed by atoms with Crippen LogP contribution in [0.3, 0.4) is 0 Å². The number of anilines is 1.